The number of amides is 1. The van der Waals surface area contributed by atoms with E-state index in [1.165, 1.54) is 18.6 Å². The van der Waals surface area contributed by atoms with Crippen LogP contribution in [-0.4, -0.2) is 38.7 Å². The van der Waals surface area contributed by atoms with Crippen molar-refractivity contribution < 1.29 is 18.0 Å². The zero-order chi connectivity index (χ0) is 31.6. The molecule has 236 valence electrons. The van der Waals surface area contributed by atoms with Crippen molar-refractivity contribution in [2.24, 2.45) is 0 Å². The minimum atomic E-state index is -4.34. The van der Waals surface area contributed by atoms with Crippen molar-refractivity contribution >= 4 is 34.7 Å². The summed E-state index contributed by atoms with van der Waals surface area (Å²) < 4.78 is 40.1. The summed E-state index contributed by atoms with van der Waals surface area (Å²) in [7, 11) is 0. The van der Waals surface area contributed by atoms with E-state index in [1.54, 1.807) is 44.7 Å². The summed E-state index contributed by atoms with van der Waals surface area (Å²) in [5.74, 6) is -0.0197. The molecule has 3 N–H and O–H groups in total. The van der Waals surface area contributed by atoms with Crippen LogP contribution in [0.2, 0.25) is 0 Å². The summed E-state index contributed by atoms with van der Waals surface area (Å²) >= 11 is 3.26. The summed E-state index contributed by atoms with van der Waals surface area (Å²) in [6.45, 7) is 1.84. The Bertz CT molecular complexity index is 1710. The maximum Gasteiger partial charge on any atom is 0.416 e. The number of nitrogens with two attached hydrogens (primary N) is 1. The molecule has 0 unspecified atom stereocenters. The summed E-state index contributed by atoms with van der Waals surface area (Å²) in [5.41, 5.74) is 8.62. The van der Waals surface area contributed by atoms with Crippen LogP contribution in [0.3, 0.4) is 0 Å². The average molecular weight is 654 g/mol. The van der Waals surface area contributed by atoms with E-state index in [0.717, 1.165) is 51.7 Å². The van der Waals surface area contributed by atoms with Gasteiger partial charge in [0.15, 0.2) is 5.16 Å². The van der Waals surface area contributed by atoms with Gasteiger partial charge in [-0.05, 0) is 66.9 Å². The van der Waals surface area contributed by atoms with Gasteiger partial charge < -0.3 is 16.0 Å². The number of alkyl halides is 3. The molecule has 3 heterocycles. The Labute approximate surface area is 267 Å². The molecule has 2 aromatic carbocycles. The number of thiophene rings is 1. The number of hydrogen-bond donors (Lipinski definition) is 2. The number of halogens is 3. The molecule has 0 saturated heterocycles. The van der Waals surface area contributed by atoms with Gasteiger partial charge >= 0.3 is 6.18 Å². The zero-order valence-electron chi connectivity index (χ0n) is 24.6. The van der Waals surface area contributed by atoms with Crippen LogP contribution in [0.4, 0.5) is 18.9 Å². The molecule has 2 aromatic heterocycles. The maximum atomic E-state index is 13.8. The van der Waals surface area contributed by atoms with Gasteiger partial charge in [-0.3, -0.25) is 14.2 Å². The number of hydrogen-bond acceptors (Lipinski definition) is 7. The Morgan fingerprint density at radius 2 is 1.78 bits per heavy atom. The molecule has 0 atom stereocenters. The van der Waals surface area contributed by atoms with Crippen LogP contribution in [0.5, 0.6) is 0 Å². The van der Waals surface area contributed by atoms with Gasteiger partial charge in [-0.25, -0.2) is 4.98 Å². The Morgan fingerprint density at radius 3 is 2.47 bits per heavy atom. The van der Waals surface area contributed by atoms with E-state index in [1.807, 2.05) is 24.3 Å². The lowest BCUT2D eigenvalue weighted by molar-refractivity contribution is -0.137. The smallest absolute Gasteiger partial charge is 0.399 e. The van der Waals surface area contributed by atoms with Gasteiger partial charge in [-0.2, -0.15) is 13.2 Å². The Kier molecular flexibility index (Phi) is 9.34. The van der Waals surface area contributed by atoms with E-state index in [4.69, 9.17) is 10.7 Å². The number of carbonyl (C=O) groups excluding carboxylic acids is 1. The molecule has 4 aromatic rings. The van der Waals surface area contributed by atoms with Gasteiger partial charge in [0.25, 0.3) is 5.56 Å². The highest BCUT2D eigenvalue weighted by Crippen LogP contribution is 2.36. The maximum absolute atomic E-state index is 13.8. The molecule has 0 spiro atoms. The summed E-state index contributed by atoms with van der Waals surface area (Å²) in [6, 6.07) is 16.5. The number of nitrogen functional groups attached to an aromatic ring is 1. The second kappa shape index (κ2) is 13.4. The number of carbonyl (C=O) groups is 1. The standard InChI is InChI=1S/C33H34F3N5O2S2/c34-33(35,36)22-6-4-21(5-7-22)18-26-12-13-27(44-26)19-38-16-14-30(42)40-17-15-29-28(20-40)31(43)41(24-10-8-23(37)9-11-24)32(39-29)45-25-2-1-3-25/h4-13,25,38H,1-3,14-20,37H2. The highest BCUT2D eigenvalue weighted by Gasteiger charge is 2.30. The first-order valence-electron chi connectivity index (χ1n) is 15.0. The summed E-state index contributed by atoms with van der Waals surface area (Å²) in [4.78, 5) is 35.8. The van der Waals surface area contributed by atoms with Crippen molar-refractivity contribution in [3.05, 3.63) is 103 Å². The number of benzene rings is 2. The second-order valence-corrected chi connectivity index (χ2v) is 14.0. The molecule has 2 aliphatic rings. The molecule has 7 nitrogen and oxygen atoms in total. The third kappa shape index (κ3) is 7.45. The number of aromatic nitrogens is 2. The predicted octanol–water partition coefficient (Wildman–Crippen LogP) is 6.20. The van der Waals surface area contributed by atoms with Gasteiger partial charge in [0, 0.05) is 59.6 Å². The van der Waals surface area contributed by atoms with Crippen molar-refractivity contribution in [3.63, 3.8) is 0 Å². The molecule has 1 saturated carbocycles. The number of rotatable bonds is 10. The number of anilines is 1. The molecule has 6 rings (SSSR count). The van der Waals surface area contributed by atoms with E-state index in [-0.39, 0.29) is 18.0 Å². The monoisotopic (exact) mass is 653 g/mol. The first-order valence-corrected chi connectivity index (χ1v) is 16.7. The van der Waals surface area contributed by atoms with Crippen molar-refractivity contribution in [1.29, 1.82) is 0 Å². The second-order valence-electron chi connectivity index (χ2n) is 11.5. The number of thioether (sulfide) groups is 1. The van der Waals surface area contributed by atoms with Crippen LogP contribution in [0.1, 0.15) is 57.8 Å². The summed E-state index contributed by atoms with van der Waals surface area (Å²) in [5, 5.41) is 4.49. The van der Waals surface area contributed by atoms with Gasteiger partial charge in [0.1, 0.15) is 0 Å². The lowest BCUT2D eigenvalue weighted by atomic mass is 10.0. The van der Waals surface area contributed by atoms with E-state index < -0.39 is 11.7 Å². The molecule has 1 amide bonds. The van der Waals surface area contributed by atoms with E-state index in [0.29, 0.717) is 60.6 Å². The molecule has 1 aliphatic heterocycles. The number of nitrogens with zero attached hydrogens (tertiary/aromatic N) is 3. The predicted molar refractivity (Wildman–Crippen MR) is 172 cm³/mol. The topological polar surface area (TPSA) is 93.2 Å². The first kappa shape index (κ1) is 31.4. The van der Waals surface area contributed by atoms with E-state index >= 15 is 0 Å². The van der Waals surface area contributed by atoms with Gasteiger partial charge in [-0.15, -0.1) is 11.3 Å². The minimum absolute atomic E-state index is 0.0197. The highest BCUT2D eigenvalue weighted by atomic mass is 32.2. The molecule has 1 fully saturated rings. The van der Waals surface area contributed by atoms with Crippen LogP contribution >= 0.6 is 23.1 Å². The lowest BCUT2D eigenvalue weighted by Crippen LogP contribution is -2.42. The molecule has 12 heteroatoms. The summed E-state index contributed by atoms with van der Waals surface area (Å²) in [6.07, 6.45) is 0.497. The minimum Gasteiger partial charge on any atom is -0.399 e. The molecule has 0 bridgehead atoms. The van der Waals surface area contributed by atoms with Crippen molar-refractivity contribution in [1.82, 2.24) is 19.8 Å². The molecule has 0 radical (unpaired) electrons. The van der Waals surface area contributed by atoms with Gasteiger partial charge in [0.05, 0.1) is 29.1 Å². The van der Waals surface area contributed by atoms with Crippen LogP contribution < -0.4 is 16.6 Å². The Morgan fingerprint density at radius 1 is 1.04 bits per heavy atom. The van der Waals surface area contributed by atoms with Gasteiger partial charge in [0.2, 0.25) is 5.91 Å². The highest BCUT2D eigenvalue weighted by molar-refractivity contribution is 7.99. The first-order chi connectivity index (χ1) is 21.6. The van der Waals surface area contributed by atoms with Crippen molar-refractivity contribution in [2.45, 2.75) is 68.2 Å². The largest absolute Gasteiger partial charge is 0.416 e. The van der Waals surface area contributed by atoms with Crippen molar-refractivity contribution in [2.75, 3.05) is 18.8 Å². The lowest BCUT2D eigenvalue weighted by Gasteiger charge is -2.30. The van der Waals surface area contributed by atoms with E-state index in [9.17, 15) is 22.8 Å². The zero-order valence-corrected chi connectivity index (χ0v) is 26.2. The van der Waals surface area contributed by atoms with Crippen molar-refractivity contribution in [3.8, 4) is 5.69 Å². The Balaban J connectivity index is 1.04. The third-order valence-electron chi connectivity index (χ3n) is 8.22. The number of fused-ring (bicyclic) bond motifs is 1. The molecular weight excluding hydrogens is 620 g/mol. The molecule has 1 aliphatic carbocycles. The third-order valence-corrected chi connectivity index (χ3v) is 10.6. The fourth-order valence-corrected chi connectivity index (χ4v) is 7.77. The quantitative estimate of drug-likeness (QED) is 0.120. The Hall–Kier alpha value is -3.61. The van der Waals surface area contributed by atoms with Crippen LogP contribution in [-0.2, 0) is 36.9 Å². The number of nitrogens with one attached hydrogen (secondary N) is 1. The van der Waals surface area contributed by atoms with E-state index in [2.05, 4.69) is 5.32 Å². The average Bonchev–Trinajstić information content (AvgIpc) is 3.44. The van der Waals surface area contributed by atoms with Gasteiger partial charge in [-0.1, -0.05) is 30.3 Å². The van der Waals surface area contributed by atoms with Crippen LogP contribution in [0.15, 0.2) is 70.6 Å². The van der Waals surface area contributed by atoms with Crippen LogP contribution in [0.25, 0.3) is 5.69 Å². The normalized spacial score (nSPS) is 15.1. The molecule has 45 heavy (non-hydrogen) atoms. The van der Waals surface area contributed by atoms with Crippen LogP contribution in [0, 0.1) is 0 Å². The fraction of sp³-hybridized carbons (Fsp3) is 0.364. The SMILES string of the molecule is Nc1ccc(-n2c(SC3CCC3)nc3c(c2=O)CN(C(=O)CCNCc2ccc(Cc4ccc(C(F)(F)F)cc4)s2)CC3)cc1. The fourth-order valence-electron chi connectivity index (χ4n) is 5.43. The molecular formula is C33H34F3N5O2S2.